The molecule has 5 nitrogen and oxygen atoms in total. The van der Waals surface area contributed by atoms with E-state index in [1.165, 1.54) is 43.4 Å². The zero-order valence-corrected chi connectivity index (χ0v) is 20.3. The summed E-state index contributed by atoms with van der Waals surface area (Å²) in [4.78, 5) is 10.8. The summed E-state index contributed by atoms with van der Waals surface area (Å²) in [5.74, 6) is 0.666. The monoisotopic (exact) mass is 477 g/mol. The van der Waals surface area contributed by atoms with Crippen molar-refractivity contribution in [2.45, 2.75) is 38.1 Å². The predicted molar refractivity (Wildman–Crippen MR) is 144 cm³/mol. The summed E-state index contributed by atoms with van der Waals surface area (Å²) in [5, 5.41) is 7.15. The quantitative estimate of drug-likeness (QED) is 0.271. The van der Waals surface area contributed by atoms with Crippen molar-refractivity contribution in [2.24, 2.45) is 5.10 Å². The van der Waals surface area contributed by atoms with Gasteiger partial charge in [0.25, 0.3) is 0 Å². The van der Waals surface area contributed by atoms with Crippen LogP contribution in [0, 0.1) is 0 Å². The highest BCUT2D eigenvalue weighted by Crippen LogP contribution is 2.32. The third kappa shape index (κ3) is 4.49. The van der Waals surface area contributed by atoms with Gasteiger partial charge in [-0.2, -0.15) is 0 Å². The molecule has 35 heavy (non-hydrogen) atoms. The van der Waals surface area contributed by atoms with Gasteiger partial charge in [-0.25, -0.2) is 9.97 Å². The summed E-state index contributed by atoms with van der Waals surface area (Å²) in [5.41, 5.74) is 9.30. The standard InChI is InChI=1S/C29H27N5S/c1-4-12-21(13-5-1)26-20-35-29(34(26)23-16-8-3-9-17-23)33-32-28-27(22-14-6-2-7-15-22)30-24-18-10-11-19-25(24)31-28/h1-2,4-7,10-15,18-20,23H,3,8-9,16-17H2,(H,31,32)/b33-29+. The lowest BCUT2D eigenvalue weighted by atomic mass is 9.95. The number of nitrogens with zero attached hydrogens (tertiary/aromatic N) is 4. The highest BCUT2D eigenvalue weighted by molar-refractivity contribution is 7.07. The maximum absolute atomic E-state index is 4.93. The normalized spacial score (nSPS) is 14.9. The van der Waals surface area contributed by atoms with Gasteiger partial charge in [0.1, 0.15) is 5.69 Å². The summed E-state index contributed by atoms with van der Waals surface area (Å²) in [6, 6.07) is 29.2. The number of benzene rings is 3. The van der Waals surface area contributed by atoms with Crippen molar-refractivity contribution in [2.75, 3.05) is 5.43 Å². The third-order valence-corrected chi connectivity index (χ3v) is 7.47. The van der Waals surface area contributed by atoms with Gasteiger partial charge in [0.2, 0.25) is 4.80 Å². The lowest BCUT2D eigenvalue weighted by molar-refractivity contribution is 0.350. The van der Waals surface area contributed by atoms with Crippen molar-refractivity contribution in [3.8, 4) is 22.5 Å². The summed E-state index contributed by atoms with van der Waals surface area (Å²) < 4.78 is 2.43. The molecule has 0 atom stereocenters. The van der Waals surface area contributed by atoms with Gasteiger partial charge in [-0.3, -0.25) is 5.43 Å². The SMILES string of the molecule is c1ccc(-c2nc3ccccc3nc2N/N=c2/scc(-c3ccccc3)n2C2CCCCC2)cc1. The number of nitrogens with one attached hydrogen (secondary N) is 1. The zero-order valence-electron chi connectivity index (χ0n) is 19.5. The lowest BCUT2D eigenvalue weighted by Crippen LogP contribution is -2.25. The first-order chi connectivity index (χ1) is 17.4. The van der Waals surface area contributed by atoms with Crippen LogP contribution in [0.4, 0.5) is 5.82 Å². The maximum atomic E-state index is 4.93. The molecule has 6 rings (SSSR count). The highest BCUT2D eigenvalue weighted by Gasteiger charge is 2.20. The zero-order chi connectivity index (χ0) is 23.5. The molecule has 0 bridgehead atoms. The van der Waals surface area contributed by atoms with E-state index in [1.807, 2.05) is 42.5 Å². The summed E-state index contributed by atoms with van der Waals surface area (Å²) in [6.07, 6.45) is 6.23. The summed E-state index contributed by atoms with van der Waals surface area (Å²) in [6.45, 7) is 0. The van der Waals surface area contributed by atoms with Crippen LogP contribution in [0.3, 0.4) is 0 Å². The molecule has 174 valence electrons. The van der Waals surface area contributed by atoms with Gasteiger partial charge in [0.15, 0.2) is 5.82 Å². The molecule has 1 N–H and O–H groups in total. The van der Waals surface area contributed by atoms with E-state index in [0.29, 0.717) is 11.9 Å². The number of hydrogen-bond acceptors (Lipinski definition) is 5. The smallest absolute Gasteiger partial charge is 0.208 e. The van der Waals surface area contributed by atoms with Crippen LogP contribution >= 0.6 is 11.3 Å². The van der Waals surface area contributed by atoms with Crippen LogP contribution in [0.5, 0.6) is 0 Å². The number of anilines is 1. The van der Waals surface area contributed by atoms with E-state index in [4.69, 9.17) is 15.1 Å². The molecule has 1 aliphatic rings. The second kappa shape index (κ2) is 9.84. The molecule has 0 aliphatic heterocycles. The Morgan fingerprint density at radius 1 is 0.743 bits per heavy atom. The number of fused-ring (bicyclic) bond motifs is 1. The Morgan fingerprint density at radius 3 is 2.09 bits per heavy atom. The fraction of sp³-hybridized carbons (Fsp3) is 0.207. The Kier molecular flexibility index (Phi) is 6.11. The molecule has 2 aromatic heterocycles. The largest absolute Gasteiger partial charge is 0.312 e. The van der Waals surface area contributed by atoms with E-state index >= 15 is 0 Å². The van der Waals surface area contributed by atoms with Crippen LogP contribution < -0.4 is 10.2 Å². The van der Waals surface area contributed by atoms with Gasteiger partial charge >= 0.3 is 0 Å². The van der Waals surface area contributed by atoms with Gasteiger partial charge in [-0.15, -0.1) is 16.4 Å². The number of hydrogen-bond donors (Lipinski definition) is 1. The van der Waals surface area contributed by atoms with Gasteiger partial charge in [-0.1, -0.05) is 92.1 Å². The summed E-state index contributed by atoms with van der Waals surface area (Å²) >= 11 is 1.67. The molecule has 5 aromatic rings. The van der Waals surface area contributed by atoms with E-state index in [1.54, 1.807) is 11.3 Å². The van der Waals surface area contributed by atoms with Crippen molar-refractivity contribution in [3.05, 3.63) is 95.1 Å². The van der Waals surface area contributed by atoms with E-state index < -0.39 is 0 Å². The molecule has 1 fully saturated rings. The predicted octanol–water partition coefficient (Wildman–Crippen LogP) is 7.26. The highest BCUT2D eigenvalue weighted by atomic mass is 32.1. The number of thiazole rings is 1. The molecule has 0 radical (unpaired) electrons. The maximum Gasteiger partial charge on any atom is 0.208 e. The second-order valence-electron chi connectivity index (χ2n) is 8.93. The van der Waals surface area contributed by atoms with Gasteiger partial charge in [0.05, 0.1) is 16.7 Å². The molecule has 2 heterocycles. The van der Waals surface area contributed by atoms with Crippen molar-refractivity contribution < 1.29 is 0 Å². The Balaban J connectivity index is 1.46. The fourth-order valence-electron chi connectivity index (χ4n) is 4.89. The van der Waals surface area contributed by atoms with E-state index in [2.05, 4.69) is 57.8 Å². The first-order valence-electron chi connectivity index (χ1n) is 12.2. The lowest BCUT2D eigenvalue weighted by Gasteiger charge is -2.25. The first kappa shape index (κ1) is 21.7. The van der Waals surface area contributed by atoms with Crippen LogP contribution in [-0.2, 0) is 0 Å². The van der Waals surface area contributed by atoms with Crippen LogP contribution in [0.2, 0.25) is 0 Å². The van der Waals surface area contributed by atoms with E-state index in [9.17, 15) is 0 Å². The molecular weight excluding hydrogens is 450 g/mol. The molecule has 1 saturated carbocycles. The van der Waals surface area contributed by atoms with Crippen molar-refractivity contribution in [1.29, 1.82) is 0 Å². The molecular formula is C29H27N5S. The van der Waals surface area contributed by atoms with Gasteiger partial charge in [0, 0.05) is 17.0 Å². The average Bonchev–Trinajstić information content (AvgIpc) is 3.37. The Hall–Kier alpha value is -3.77. The number of para-hydroxylation sites is 2. The molecule has 3 aromatic carbocycles. The van der Waals surface area contributed by atoms with E-state index in [0.717, 1.165) is 27.1 Å². The van der Waals surface area contributed by atoms with Crippen LogP contribution in [0.15, 0.2) is 95.4 Å². The molecule has 1 aliphatic carbocycles. The Bertz CT molecular complexity index is 1500. The number of rotatable bonds is 5. The second-order valence-corrected chi connectivity index (χ2v) is 9.77. The van der Waals surface area contributed by atoms with Crippen molar-refractivity contribution >= 4 is 28.2 Å². The number of aromatic nitrogens is 3. The molecule has 0 spiro atoms. The fourth-order valence-corrected chi connectivity index (χ4v) is 5.82. The molecule has 6 heteroatoms. The van der Waals surface area contributed by atoms with E-state index in [-0.39, 0.29) is 0 Å². The van der Waals surface area contributed by atoms with Crippen LogP contribution in [0.25, 0.3) is 33.5 Å². The Labute approximate surface area is 208 Å². The molecule has 0 unspecified atom stereocenters. The van der Waals surface area contributed by atoms with Crippen molar-refractivity contribution in [3.63, 3.8) is 0 Å². The van der Waals surface area contributed by atoms with Crippen molar-refractivity contribution in [1.82, 2.24) is 14.5 Å². The van der Waals surface area contributed by atoms with Gasteiger partial charge < -0.3 is 4.57 Å². The molecule has 0 amide bonds. The average molecular weight is 478 g/mol. The van der Waals surface area contributed by atoms with Crippen LogP contribution in [0.1, 0.15) is 38.1 Å². The third-order valence-electron chi connectivity index (χ3n) is 6.63. The summed E-state index contributed by atoms with van der Waals surface area (Å²) in [7, 11) is 0. The minimum Gasteiger partial charge on any atom is -0.312 e. The van der Waals surface area contributed by atoms with Gasteiger partial charge in [-0.05, 0) is 30.5 Å². The van der Waals surface area contributed by atoms with Crippen LogP contribution in [-0.4, -0.2) is 14.5 Å². The molecule has 0 saturated heterocycles. The minimum atomic E-state index is 0.460. The Morgan fingerprint density at radius 2 is 1.37 bits per heavy atom. The topological polar surface area (TPSA) is 55.1 Å². The minimum absolute atomic E-state index is 0.460. The first-order valence-corrected chi connectivity index (χ1v) is 13.1.